The number of benzene rings is 4. The SMILES string of the molecule is C=C1CCC(N2C(=O)c3cccc(OCC(=O)NCCOCCOCCOCCOCCOCCNC(=O)COc4cccc(C(CCc5ccc(OC)c(OC)c5)OC(=O)[C@@H]5CCCCN5C(=O)Cc5cc(OC)c(OC)c(OC)c5)c4)c3C2=O)C(=O)N1. The largest absolute Gasteiger partial charge is 0.493 e. The summed E-state index contributed by atoms with van der Waals surface area (Å²) >= 11 is 0. The van der Waals surface area contributed by atoms with Crippen molar-refractivity contribution in [1.82, 2.24) is 25.8 Å². The molecule has 482 valence electrons. The van der Waals surface area contributed by atoms with Gasteiger partial charge in [-0.15, -0.1) is 0 Å². The number of piperidine rings is 2. The van der Waals surface area contributed by atoms with Crippen LogP contribution in [-0.4, -0.2) is 198 Å². The first-order chi connectivity index (χ1) is 43.3. The number of hydrogen-bond acceptors (Lipinski definition) is 20. The van der Waals surface area contributed by atoms with E-state index in [0.29, 0.717) is 136 Å². The number of hydrogen-bond donors (Lipinski definition) is 3. The fraction of sp³-hybridized carbons (Fsp3) is 0.484. The molecule has 3 heterocycles. The van der Waals surface area contributed by atoms with Crippen LogP contribution in [0, 0.1) is 0 Å². The smallest absolute Gasteiger partial charge is 0.329 e. The molecule has 89 heavy (non-hydrogen) atoms. The average Bonchev–Trinajstić information content (AvgIpc) is 1.92. The van der Waals surface area contributed by atoms with Gasteiger partial charge in [-0.05, 0) is 110 Å². The number of carbonyl (C=O) groups excluding carboxylic acids is 7. The van der Waals surface area contributed by atoms with E-state index in [9.17, 15) is 33.6 Å². The van der Waals surface area contributed by atoms with E-state index in [2.05, 4.69) is 22.5 Å². The first kappa shape index (κ1) is 68.0. The van der Waals surface area contributed by atoms with Crippen LogP contribution in [0.1, 0.15) is 82.0 Å². The lowest BCUT2D eigenvalue weighted by Crippen LogP contribution is -2.51. The van der Waals surface area contributed by atoms with Gasteiger partial charge in [-0.2, -0.15) is 0 Å². The number of ether oxygens (including phenoxy) is 13. The van der Waals surface area contributed by atoms with Gasteiger partial charge in [0.05, 0.1) is 119 Å². The summed E-state index contributed by atoms with van der Waals surface area (Å²) in [6.45, 7) is 7.01. The molecule has 4 aromatic rings. The number of fused-ring (bicyclic) bond motifs is 1. The predicted octanol–water partition coefficient (Wildman–Crippen LogP) is 4.73. The number of amides is 6. The Balaban J connectivity index is 0.731. The summed E-state index contributed by atoms with van der Waals surface area (Å²) in [5, 5.41) is 8.05. The van der Waals surface area contributed by atoms with Crippen LogP contribution in [-0.2, 0) is 65.2 Å². The molecule has 3 atom stereocenters. The van der Waals surface area contributed by atoms with Gasteiger partial charge in [0, 0.05) is 25.3 Å². The van der Waals surface area contributed by atoms with Crippen molar-refractivity contribution in [3.8, 4) is 40.2 Å². The standard InChI is InChI=1S/C64H81N5O20/c1-42-16-19-48(61(73)67-42)69-62(74)47-13-10-15-52(59(47)63(69)75)88-41-57(71)66-23-26-83-28-30-85-32-34-86-33-31-84-29-27-82-25-22-65-56(70)40-87-46-12-9-11-45(39-46)50(20-17-43-18-21-51(77-2)53(35-43)78-3)89-64(76)49-14-7-8-24-68(49)58(72)38-44-36-54(79-4)60(81-6)55(37-44)80-5/h9-13,15,18,21,35-37,39,48-50H,1,7-8,14,16-17,19-20,22-34,38,40-41H2,2-6H3,(H,65,70)(H,66,71)(H,67,73)/t48?,49-,50?/m0/s1. The predicted molar refractivity (Wildman–Crippen MR) is 321 cm³/mol. The van der Waals surface area contributed by atoms with E-state index in [1.807, 2.05) is 24.3 Å². The van der Waals surface area contributed by atoms with Gasteiger partial charge >= 0.3 is 5.97 Å². The Morgan fingerprint density at radius 3 is 1.82 bits per heavy atom. The van der Waals surface area contributed by atoms with Crippen molar-refractivity contribution < 1.29 is 95.1 Å². The van der Waals surface area contributed by atoms with Crippen LogP contribution in [0.25, 0.3) is 0 Å². The number of carbonyl (C=O) groups is 7. The molecule has 3 N–H and O–H groups in total. The molecule has 25 heteroatoms. The minimum Gasteiger partial charge on any atom is -0.493 e. The fourth-order valence-electron chi connectivity index (χ4n) is 10.2. The van der Waals surface area contributed by atoms with Crippen molar-refractivity contribution in [3.05, 3.63) is 113 Å². The third-order valence-corrected chi connectivity index (χ3v) is 14.7. The normalized spacial score (nSPS) is 15.8. The third kappa shape index (κ3) is 19.8. The number of nitrogens with zero attached hydrogens (tertiary/aromatic N) is 2. The second-order valence-electron chi connectivity index (χ2n) is 20.7. The van der Waals surface area contributed by atoms with Crippen molar-refractivity contribution in [2.75, 3.05) is 134 Å². The fourth-order valence-corrected chi connectivity index (χ4v) is 10.2. The maximum Gasteiger partial charge on any atom is 0.329 e. The molecule has 0 saturated carbocycles. The minimum atomic E-state index is -0.963. The van der Waals surface area contributed by atoms with E-state index in [1.54, 1.807) is 55.5 Å². The molecule has 3 aliphatic heterocycles. The van der Waals surface area contributed by atoms with Crippen molar-refractivity contribution in [1.29, 1.82) is 0 Å². The molecule has 2 fully saturated rings. The number of aryl methyl sites for hydroxylation is 1. The molecular formula is C64H81N5O20. The zero-order chi connectivity index (χ0) is 63.5. The Bertz CT molecular complexity index is 3040. The Morgan fingerprint density at radius 1 is 0.618 bits per heavy atom. The lowest BCUT2D eigenvalue weighted by molar-refractivity contribution is -0.162. The number of imide groups is 1. The summed E-state index contributed by atoms with van der Waals surface area (Å²) in [7, 11) is 7.65. The second kappa shape index (κ2) is 35.5. The van der Waals surface area contributed by atoms with Crippen molar-refractivity contribution in [3.63, 3.8) is 0 Å². The van der Waals surface area contributed by atoms with Crippen LogP contribution in [0.3, 0.4) is 0 Å². The Morgan fingerprint density at radius 2 is 1.21 bits per heavy atom. The number of nitrogens with one attached hydrogen (secondary N) is 3. The molecule has 7 rings (SSSR count). The summed E-state index contributed by atoms with van der Waals surface area (Å²) < 4.78 is 73.1. The molecule has 2 saturated heterocycles. The van der Waals surface area contributed by atoms with Crippen LogP contribution in [0.4, 0.5) is 0 Å². The van der Waals surface area contributed by atoms with Gasteiger partial charge < -0.3 is 82.4 Å². The third-order valence-electron chi connectivity index (χ3n) is 14.7. The average molecular weight is 1240 g/mol. The van der Waals surface area contributed by atoms with E-state index < -0.39 is 54.4 Å². The van der Waals surface area contributed by atoms with Gasteiger partial charge in [0.2, 0.25) is 17.6 Å². The van der Waals surface area contributed by atoms with Crippen LogP contribution >= 0.6 is 0 Å². The molecule has 0 bridgehead atoms. The molecule has 0 radical (unpaired) electrons. The topological polar surface area (TPSA) is 282 Å². The van der Waals surface area contributed by atoms with E-state index in [4.69, 9.17) is 61.6 Å². The molecule has 2 unspecified atom stereocenters. The monoisotopic (exact) mass is 1240 g/mol. The second-order valence-corrected chi connectivity index (χ2v) is 20.7. The Kier molecular flexibility index (Phi) is 27.1. The van der Waals surface area contributed by atoms with E-state index in [0.717, 1.165) is 23.3 Å². The van der Waals surface area contributed by atoms with Crippen molar-refractivity contribution >= 4 is 41.4 Å². The van der Waals surface area contributed by atoms with Gasteiger partial charge in [-0.25, -0.2) is 4.79 Å². The van der Waals surface area contributed by atoms with Crippen molar-refractivity contribution in [2.24, 2.45) is 0 Å². The first-order valence-corrected chi connectivity index (χ1v) is 29.5. The summed E-state index contributed by atoms with van der Waals surface area (Å²) in [5.41, 5.74) is 2.85. The zero-order valence-corrected chi connectivity index (χ0v) is 51.2. The first-order valence-electron chi connectivity index (χ1n) is 29.5. The number of likely N-dealkylation sites (tertiary alicyclic amines) is 1. The van der Waals surface area contributed by atoms with Gasteiger partial charge in [0.25, 0.3) is 23.6 Å². The van der Waals surface area contributed by atoms with Crippen LogP contribution in [0.2, 0.25) is 0 Å². The number of rotatable bonds is 38. The highest BCUT2D eigenvalue weighted by atomic mass is 16.6. The number of methoxy groups -OCH3 is 5. The lowest BCUT2D eigenvalue weighted by atomic mass is 9.99. The molecule has 0 spiro atoms. The van der Waals surface area contributed by atoms with Gasteiger partial charge in [-0.1, -0.05) is 30.8 Å². The molecule has 3 aliphatic rings. The van der Waals surface area contributed by atoms with Gasteiger partial charge in [0.15, 0.2) is 36.2 Å². The minimum absolute atomic E-state index is 0.00423. The number of esters is 1. The maximum atomic E-state index is 14.3. The summed E-state index contributed by atoms with van der Waals surface area (Å²) in [4.78, 5) is 95.0. The summed E-state index contributed by atoms with van der Waals surface area (Å²) in [6, 6.07) is 18.9. The highest BCUT2D eigenvalue weighted by molar-refractivity contribution is 6.24. The van der Waals surface area contributed by atoms with Crippen LogP contribution < -0.4 is 49.1 Å². The quantitative estimate of drug-likeness (QED) is 0.0311. The number of allylic oxidation sites excluding steroid dienone is 1. The summed E-state index contributed by atoms with van der Waals surface area (Å²) in [6.07, 6.45) is 2.74. The van der Waals surface area contributed by atoms with Gasteiger partial charge in [-0.3, -0.25) is 33.7 Å². The van der Waals surface area contributed by atoms with Crippen LogP contribution in [0.5, 0.6) is 40.2 Å². The Labute approximate surface area is 517 Å². The van der Waals surface area contributed by atoms with Crippen molar-refractivity contribution in [2.45, 2.75) is 69.6 Å². The lowest BCUT2D eigenvalue weighted by Gasteiger charge is -2.35. The molecule has 6 amide bonds. The van der Waals surface area contributed by atoms with E-state index >= 15 is 0 Å². The van der Waals surface area contributed by atoms with E-state index in [1.165, 1.54) is 33.5 Å². The highest BCUT2D eigenvalue weighted by Crippen LogP contribution is 2.39. The van der Waals surface area contributed by atoms with Crippen LogP contribution in [0.15, 0.2) is 85.1 Å². The molecule has 0 aromatic heterocycles. The molecule has 0 aliphatic carbocycles. The van der Waals surface area contributed by atoms with E-state index in [-0.39, 0.29) is 74.4 Å². The summed E-state index contributed by atoms with van der Waals surface area (Å²) in [5.74, 6) is -0.444. The molecule has 25 nitrogen and oxygen atoms in total. The zero-order valence-electron chi connectivity index (χ0n) is 51.2. The maximum absolute atomic E-state index is 14.3. The molecule has 4 aromatic carbocycles. The highest BCUT2D eigenvalue weighted by Gasteiger charge is 2.45. The Hall–Kier alpha value is -8.49. The molecular weight excluding hydrogens is 1160 g/mol. The van der Waals surface area contributed by atoms with Gasteiger partial charge in [0.1, 0.15) is 29.7 Å².